The average molecular weight is 309 g/mol. The lowest BCUT2D eigenvalue weighted by molar-refractivity contribution is 0.492. The maximum absolute atomic E-state index is 13.5. The van der Waals surface area contributed by atoms with E-state index in [2.05, 4.69) is 0 Å². The van der Waals surface area contributed by atoms with Gasteiger partial charge in [-0.1, -0.05) is 18.6 Å². The molecule has 1 heterocycles. The molecule has 1 aromatic rings. The predicted octanol–water partition coefficient (Wildman–Crippen LogP) is 3.08. The lowest BCUT2D eigenvalue weighted by Crippen LogP contribution is -2.37. The Balaban J connectivity index is 2.16. The Morgan fingerprint density at radius 1 is 1.32 bits per heavy atom. The first kappa shape index (κ1) is 14.7. The molecule has 1 fully saturated rings. The second-order valence-corrected chi connectivity index (χ2v) is 7.73. The zero-order valence-electron chi connectivity index (χ0n) is 10.3. The molecule has 0 amide bonds. The molecule has 1 aromatic carbocycles. The maximum atomic E-state index is 13.5. The molecular formula is C13H15ClF2O2S. The Kier molecular flexibility index (Phi) is 4.46. The standard InChI is InChI=1S/C13H15ClF2O2S/c14-10(12-6-1-2-7-19(12,17)18)8-9-4-3-5-11(15)13(9)16/h3-5,10,12H,1-2,6-8H2. The van der Waals surface area contributed by atoms with Crippen molar-refractivity contribution in [2.45, 2.75) is 36.3 Å². The van der Waals surface area contributed by atoms with Crippen LogP contribution in [0.25, 0.3) is 0 Å². The maximum Gasteiger partial charge on any atom is 0.162 e. The molecule has 0 radical (unpaired) electrons. The van der Waals surface area contributed by atoms with Gasteiger partial charge in [-0.25, -0.2) is 17.2 Å². The van der Waals surface area contributed by atoms with E-state index in [1.807, 2.05) is 0 Å². The highest BCUT2D eigenvalue weighted by Crippen LogP contribution is 2.28. The molecule has 2 rings (SSSR count). The summed E-state index contributed by atoms with van der Waals surface area (Å²) in [5.74, 6) is -1.75. The second-order valence-electron chi connectivity index (χ2n) is 4.83. The van der Waals surface area contributed by atoms with Crippen molar-refractivity contribution < 1.29 is 17.2 Å². The summed E-state index contributed by atoms with van der Waals surface area (Å²) in [5, 5.41) is -1.38. The third kappa shape index (κ3) is 3.26. The summed E-state index contributed by atoms with van der Waals surface area (Å²) >= 11 is 6.13. The first-order valence-corrected chi connectivity index (χ1v) is 8.35. The first-order chi connectivity index (χ1) is 8.92. The first-order valence-electron chi connectivity index (χ1n) is 6.20. The van der Waals surface area contributed by atoms with Crippen LogP contribution in [0.2, 0.25) is 0 Å². The van der Waals surface area contributed by atoms with Crippen LogP contribution in [0.5, 0.6) is 0 Å². The lowest BCUT2D eigenvalue weighted by atomic mass is 10.0. The van der Waals surface area contributed by atoms with Gasteiger partial charge in [-0.15, -0.1) is 11.6 Å². The summed E-state index contributed by atoms with van der Waals surface area (Å²) in [7, 11) is -3.21. The number of hydrogen-bond acceptors (Lipinski definition) is 2. The van der Waals surface area contributed by atoms with Crippen molar-refractivity contribution in [3.63, 3.8) is 0 Å². The summed E-state index contributed by atoms with van der Waals surface area (Å²) in [6, 6.07) is 3.86. The number of rotatable bonds is 3. The largest absolute Gasteiger partial charge is 0.228 e. The Morgan fingerprint density at radius 2 is 2.05 bits per heavy atom. The number of sulfone groups is 1. The van der Waals surface area contributed by atoms with Crippen molar-refractivity contribution in [3.05, 3.63) is 35.4 Å². The monoisotopic (exact) mass is 308 g/mol. The molecule has 6 heteroatoms. The van der Waals surface area contributed by atoms with E-state index in [0.29, 0.717) is 12.8 Å². The second kappa shape index (κ2) is 5.75. The van der Waals surface area contributed by atoms with Crippen LogP contribution in [0, 0.1) is 11.6 Å². The van der Waals surface area contributed by atoms with Crippen molar-refractivity contribution in [2.75, 3.05) is 5.75 Å². The summed E-state index contributed by atoms with van der Waals surface area (Å²) in [6.45, 7) is 0. The fraction of sp³-hybridized carbons (Fsp3) is 0.538. The van der Waals surface area contributed by atoms with E-state index in [4.69, 9.17) is 11.6 Å². The highest BCUT2D eigenvalue weighted by molar-refractivity contribution is 7.92. The average Bonchev–Trinajstić information content (AvgIpc) is 2.34. The molecule has 2 unspecified atom stereocenters. The summed E-state index contributed by atoms with van der Waals surface area (Å²) < 4.78 is 50.5. The fourth-order valence-electron chi connectivity index (χ4n) is 2.43. The van der Waals surface area contributed by atoms with Crippen LogP contribution in [-0.4, -0.2) is 24.8 Å². The minimum absolute atomic E-state index is 0.0229. The molecule has 0 aromatic heterocycles. The van der Waals surface area contributed by atoms with Gasteiger partial charge in [-0.2, -0.15) is 0 Å². The van der Waals surface area contributed by atoms with Gasteiger partial charge in [0.25, 0.3) is 0 Å². The molecule has 19 heavy (non-hydrogen) atoms. The minimum Gasteiger partial charge on any atom is -0.228 e. The van der Waals surface area contributed by atoms with Gasteiger partial charge in [0.15, 0.2) is 21.5 Å². The molecule has 2 atom stereocenters. The Bertz CT molecular complexity index is 560. The number of alkyl halides is 1. The van der Waals surface area contributed by atoms with Crippen LogP contribution >= 0.6 is 11.6 Å². The van der Waals surface area contributed by atoms with E-state index in [-0.39, 0.29) is 17.7 Å². The summed E-state index contributed by atoms with van der Waals surface area (Å²) in [6.07, 6.45) is 1.97. The van der Waals surface area contributed by atoms with E-state index in [1.165, 1.54) is 12.1 Å². The molecule has 0 bridgehead atoms. The van der Waals surface area contributed by atoms with E-state index in [1.54, 1.807) is 0 Å². The third-order valence-corrected chi connectivity index (χ3v) is 6.43. The number of halogens is 3. The Morgan fingerprint density at radius 3 is 2.74 bits per heavy atom. The van der Waals surface area contributed by atoms with Crippen molar-refractivity contribution in [1.82, 2.24) is 0 Å². The Hall–Kier alpha value is -0.680. The van der Waals surface area contributed by atoms with Crippen LogP contribution in [-0.2, 0) is 16.3 Å². The molecule has 1 saturated heterocycles. The number of hydrogen-bond donors (Lipinski definition) is 0. The SMILES string of the molecule is O=S1(=O)CCCCC1C(Cl)Cc1cccc(F)c1F. The van der Waals surface area contributed by atoms with Gasteiger partial charge < -0.3 is 0 Å². The zero-order valence-corrected chi connectivity index (χ0v) is 11.9. The molecule has 2 nitrogen and oxygen atoms in total. The molecule has 0 saturated carbocycles. The van der Waals surface area contributed by atoms with Crippen LogP contribution < -0.4 is 0 Å². The Labute approximate surface area is 116 Å². The molecule has 0 aliphatic carbocycles. The lowest BCUT2D eigenvalue weighted by Gasteiger charge is -2.26. The number of benzene rings is 1. The highest BCUT2D eigenvalue weighted by atomic mass is 35.5. The highest BCUT2D eigenvalue weighted by Gasteiger charge is 2.35. The van der Waals surface area contributed by atoms with E-state index >= 15 is 0 Å². The third-order valence-electron chi connectivity index (χ3n) is 3.48. The molecular weight excluding hydrogens is 294 g/mol. The summed E-state index contributed by atoms with van der Waals surface area (Å²) in [5.41, 5.74) is 0.126. The van der Waals surface area contributed by atoms with Crippen molar-refractivity contribution in [3.8, 4) is 0 Å². The van der Waals surface area contributed by atoms with E-state index in [9.17, 15) is 17.2 Å². The van der Waals surface area contributed by atoms with Crippen LogP contribution in [0.15, 0.2) is 18.2 Å². The van der Waals surface area contributed by atoms with Gasteiger partial charge in [-0.05, 0) is 30.9 Å². The van der Waals surface area contributed by atoms with Gasteiger partial charge >= 0.3 is 0 Å². The fourth-order valence-corrected chi connectivity index (χ4v) is 5.18. The molecule has 106 valence electrons. The van der Waals surface area contributed by atoms with Crippen LogP contribution in [0.4, 0.5) is 8.78 Å². The van der Waals surface area contributed by atoms with Gasteiger partial charge in [0.05, 0.1) is 16.4 Å². The van der Waals surface area contributed by atoms with E-state index < -0.39 is 32.1 Å². The smallest absolute Gasteiger partial charge is 0.162 e. The predicted molar refractivity (Wildman–Crippen MR) is 71.1 cm³/mol. The van der Waals surface area contributed by atoms with Gasteiger partial charge in [-0.3, -0.25) is 0 Å². The topological polar surface area (TPSA) is 34.1 Å². The molecule has 1 aliphatic rings. The van der Waals surface area contributed by atoms with Crippen molar-refractivity contribution >= 4 is 21.4 Å². The van der Waals surface area contributed by atoms with Crippen molar-refractivity contribution in [2.24, 2.45) is 0 Å². The molecule has 0 spiro atoms. The minimum atomic E-state index is -3.21. The van der Waals surface area contributed by atoms with E-state index in [0.717, 1.165) is 12.5 Å². The molecule has 0 N–H and O–H groups in total. The van der Waals surface area contributed by atoms with Crippen molar-refractivity contribution in [1.29, 1.82) is 0 Å². The van der Waals surface area contributed by atoms with Crippen LogP contribution in [0.1, 0.15) is 24.8 Å². The summed E-state index contributed by atoms with van der Waals surface area (Å²) in [4.78, 5) is 0. The van der Waals surface area contributed by atoms with Gasteiger partial charge in [0, 0.05) is 0 Å². The zero-order chi connectivity index (χ0) is 14.0. The normalized spacial score (nSPS) is 24.1. The van der Waals surface area contributed by atoms with Gasteiger partial charge in [0.2, 0.25) is 0 Å². The quantitative estimate of drug-likeness (QED) is 0.804. The van der Waals surface area contributed by atoms with Gasteiger partial charge in [0.1, 0.15) is 0 Å². The molecule has 1 aliphatic heterocycles. The van der Waals surface area contributed by atoms with Crippen LogP contribution in [0.3, 0.4) is 0 Å².